The van der Waals surface area contributed by atoms with E-state index in [0.717, 1.165) is 17.1 Å². The van der Waals surface area contributed by atoms with Crippen LogP contribution in [0.3, 0.4) is 0 Å². The Labute approximate surface area is 120 Å². The molecule has 0 radical (unpaired) electrons. The second-order valence-electron chi connectivity index (χ2n) is 5.40. The van der Waals surface area contributed by atoms with Crippen LogP contribution in [0.25, 0.3) is 0 Å². The summed E-state index contributed by atoms with van der Waals surface area (Å²) in [6.45, 7) is 9.14. The van der Waals surface area contributed by atoms with Crippen molar-refractivity contribution in [1.29, 1.82) is 0 Å². The summed E-state index contributed by atoms with van der Waals surface area (Å²) in [7, 11) is 1.63. The lowest BCUT2D eigenvalue weighted by Gasteiger charge is -2.17. The number of benzene rings is 1. The molecule has 1 amide bonds. The zero-order valence-electron chi connectivity index (χ0n) is 12.4. The quantitative estimate of drug-likeness (QED) is 0.842. The van der Waals surface area contributed by atoms with Gasteiger partial charge in [0, 0.05) is 22.6 Å². The molecule has 0 aliphatic rings. The van der Waals surface area contributed by atoms with E-state index in [2.05, 4.69) is 26.1 Å². The Balaban J connectivity index is 2.48. The van der Waals surface area contributed by atoms with E-state index in [0.29, 0.717) is 12.1 Å². The predicted octanol–water partition coefficient (Wildman–Crippen LogP) is 3.27. The van der Waals surface area contributed by atoms with Gasteiger partial charge in [-0.3, -0.25) is 4.79 Å². The van der Waals surface area contributed by atoms with E-state index in [1.54, 1.807) is 13.2 Å². The zero-order valence-corrected chi connectivity index (χ0v) is 13.2. The van der Waals surface area contributed by atoms with Gasteiger partial charge in [-0.25, -0.2) is 0 Å². The fraction of sp³-hybridized carbons (Fsp3) is 0.533. The SMILES string of the molecule is COc1ccc(C(=O)NCCSC(C)(C)C)cc1C. The highest BCUT2D eigenvalue weighted by atomic mass is 32.2. The molecule has 0 saturated carbocycles. The fourth-order valence-corrected chi connectivity index (χ4v) is 2.46. The van der Waals surface area contributed by atoms with Crippen molar-refractivity contribution in [2.75, 3.05) is 19.4 Å². The van der Waals surface area contributed by atoms with Crippen LogP contribution in [0.5, 0.6) is 5.75 Å². The first-order valence-electron chi connectivity index (χ1n) is 6.40. The van der Waals surface area contributed by atoms with Gasteiger partial charge in [0.25, 0.3) is 5.91 Å². The molecule has 4 heteroatoms. The van der Waals surface area contributed by atoms with Gasteiger partial charge < -0.3 is 10.1 Å². The van der Waals surface area contributed by atoms with E-state index in [4.69, 9.17) is 4.74 Å². The number of hydrogen-bond acceptors (Lipinski definition) is 3. The number of nitrogens with one attached hydrogen (secondary N) is 1. The van der Waals surface area contributed by atoms with Gasteiger partial charge in [0.05, 0.1) is 7.11 Å². The maximum Gasteiger partial charge on any atom is 0.251 e. The van der Waals surface area contributed by atoms with E-state index < -0.39 is 0 Å². The highest BCUT2D eigenvalue weighted by Crippen LogP contribution is 2.22. The summed E-state index contributed by atoms with van der Waals surface area (Å²) in [6.07, 6.45) is 0. The van der Waals surface area contributed by atoms with Gasteiger partial charge in [-0.2, -0.15) is 11.8 Å². The van der Waals surface area contributed by atoms with Crippen LogP contribution >= 0.6 is 11.8 Å². The summed E-state index contributed by atoms with van der Waals surface area (Å²) in [5, 5.41) is 2.94. The summed E-state index contributed by atoms with van der Waals surface area (Å²) in [6, 6.07) is 5.47. The lowest BCUT2D eigenvalue weighted by Crippen LogP contribution is -2.27. The number of aryl methyl sites for hydroxylation is 1. The zero-order chi connectivity index (χ0) is 14.5. The number of carbonyl (C=O) groups excluding carboxylic acids is 1. The van der Waals surface area contributed by atoms with Gasteiger partial charge in [-0.05, 0) is 30.7 Å². The standard InChI is InChI=1S/C15H23NO2S/c1-11-10-12(6-7-13(11)18-5)14(17)16-8-9-19-15(2,3)4/h6-7,10H,8-9H2,1-5H3,(H,16,17). The summed E-state index contributed by atoms with van der Waals surface area (Å²) in [5.41, 5.74) is 1.65. The molecule has 0 unspecified atom stereocenters. The molecule has 0 aliphatic heterocycles. The third-order valence-electron chi connectivity index (χ3n) is 2.58. The third-order valence-corrected chi connectivity index (χ3v) is 3.85. The van der Waals surface area contributed by atoms with Crippen molar-refractivity contribution >= 4 is 17.7 Å². The Kier molecular flexibility index (Phi) is 5.73. The Bertz CT molecular complexity index is 438. The number of amides is 1. The summed E-state index contributed by atoms with van der Waals surface area (Å²) in [4.78, 5) is 12.0. The molecule has 3 nitrogen and oxygen atoms in total. The van der Waals surface area contributed by atoms with Crippen LogP contribution in [0.2, 0.25) is 0 Å². The van der Waals surface area contributed by atoms with Gasteiger partial charge >= 0.3 is 0 Å². The van der Waals surface area contributed by atoms with Crippen molar-refractivity contribution in [3.05, 3.63) is 29.3 Å². The van der Waals surface area contributed by atoms with Gasteiger partial charge in [0.15, 0.2) is 0 Å². The molecule has 0 saturated heterocycles. The molecule has 0 aliphatic carbocycles. The third kappa shape index (κ3) is 5.55. The highest BCUT2D eigenvalue weighted by molar-refractivity contribution is 8.00. The smallest absolute Gasteiger partial charge is 0.251 e. The summed E-state index contributed by atoms with van der Waals surface area (Å²) >= 11 is 1.85. The van der Waals surface area contributed by atoms with Crippen molar-refractivity contribution < 1.29 is 9.53 Å². The van der Waals surface area contributed by atoms with Crippen molar-refractivity contribution in [3.8, 4) is 5.75 Å². The first-order valence-corrected chi connectivity index (χ1v) is 7.39. The Morgan fingerprint density at radius 2 is 2.05 bits per heavy atom. The lowest BCUT2D eigenvalue weighted by atomic mass is 10.1. The van der Waals surface area contributed by atoms with Gasteiger partial charge in [0.1, 0.15) is 5.75 Å². The maximum absolute atomic E-state index is 12.0. The van der Waals surface area contributed by atoms with Crippen LogP contribution < -0.4 is 10.1 Å². The molecular weight excluding hydrogens is 258 g/mol. The Morgan fingerprint density at radius 1 is 1.37 bits per heavy atom. The first kappa shape index (κ1) is 15.9. The largest absolute Gasteiger partial charge is 0.496 e. The van der Waals surface area contributed by atoms with Crippen molar-refractivity contribution in [1.82, 2.24) is 5.32 Å². The second-order valence-corrected chi connectivity index (χ2v) is 7.32. The Hall–Kier alpha value is -1.16. The number of carbonyl (C=O) groups is 1. The van der Waals surface area contributed by atoms with Crippen molar-refractivity contribution in [3.63, 3.8) is 0 Å². The average Bonchev–Trinajstić information content (AvgIpc) is 2.33. The maximum atomic E-state index is 12.0. The van der Waals surface area contributed by atoms with Crippen LogP contribution in [0, 0.1) is 6.92 Å². The second kappa shape index (κ2) is 6.85. The normalized spacial score (nSPS) is 11.2. The minimum Gasteiger partial charge on any atom is -0.496 e. The average molecular weight is 281 g/mol. The van der Waals surface area contributed by atoms with E-state index in [1.165, 1.54) is 0 Å². The number of ether oxygens (including phenoxy) is 1. The number of thioether (sulfide) groups is 1. The molecule has 1 aromatic rings. The van der Waals surface area contributed by atoms with E-state index in [-0.39, 0.29) is 10.7 Å². The Morgan fingerprint density at radius 3 is 2.58 bits per heavy atom. The molecule has 0 atom stereocenters. The molecule has 1 rings (SSSR count). The van der Waals surface area contributed by atoms with Gasteiger partial charge in [-0.15, -0.1) is 0 Å². The van der Waals surface area contributed by atoms with E-state index in [1.807, 2.05) is 30.8 Å². The fourth-order valence-electron chi connectivity index (χ4n) is 1.64. The molecule has 1 aromatic carbocycles. The number of hydrogen-bond donors (Lipinski definition) is 1. The van der Waals surface area contributed by atoms with Gasteiger partial charge in [-0.1, -0.05) is 20.8 Å². The molecule has 0 heterocycles. The van der Waals surface area contributed by atoms with Crippen LogP contribution in [-0.4, -0.2) is 30.1 Å². The molecule has 0 aromatic heterocycles. The number of rotatable bonds is 5. The van der Waals surface area contributed by atoms with Crippen molar-refractivity contribution in [2.45, 2.75) is 32.4 Å². The van der Waals surface area contributed by atoms with E-state index in [9.17, 15) is 4.79 Å². The molecule has 0 spiro atoms. The van der Waals surface area contributed by atoms with Crippen LogP contribution in [0.1, 0.15) is 36.7 Å². The van der Waals surface area contributed by atoms with Crippen molar-refractivity contribution in [2.24, 2.45) is 0 Å². The topological polar surface area (TPSA) is 38.3 Å². The minimum atomic E-state index is -0.0275. The first-order chi connectivity index (χ1) is 8.83. The molecule has 0 fully saturated rings. The predicted molar refractivity (Wildman–Crippen MR) is 82.3 cm³/mol. The van der Waals surface area contributed by atoms with Crippen LogP contribution in [-0.2, 0) is 0 Å². The molecule has 0 bridgehead atoms. The summed E-state index contributed by atoms with van der Waals surface area (Å²) < 4.78 is 5.42. The summed E-state index contributed by atoms with van der Waals surface area (Å²) in [5.74, 6) is 1.70. The van der Waals surface area contributed by atoms with Crippen LogP contribution in [0.15, 0.2) is 18.2 Å². The van der Waals surface area contributed by atoms with Gasteiger partial charge in [0.2, 0.25) is 0 Å². The monoisotopic (exact) mass is 281 g/mol. The number of methoxy groups -OCH3 is 1. The lowest BCUT2D eigenvalue weighted by molar-refractivity contribution is 0.0956. The highest BCUT2D eigenvalue weighted by Gasteiger charge is 2.11. The molecule has 1 N–H and O–H groups in total. The van der Waals surface area contributed by atoms with E-state index >= 15 is 0 Å². The molecular formula is C15H23NO2S. The molecule has 106 valence electrons. The van der Waals surface area contributed by atoms with Crippen LogP contribution in [0.4, 0.5) is 0 Å². The minimum absolute atomic E-state index is 0.0275. The molecule has 19 heavy (non-hydrogen) atoms.